The molecule has 0 aromatic heterocycles. The van der Waals surface area contributed by atoms with E-state index in [0.29, 0.717) is 19.4 Å². The predicted molar refractivity (Wildman–Crippen MR) is 67.6 cm³/mol. The van der Waals surface area contributed by atoms with Crippen LogP contribution in [0.1, 0.15) is 33.1 Å². The summed E-state index contributed by atoms with van der Waals surface area (Å²) in [5.74, 6) is 0.497. The second-order valence-electron chi connectivity index (χ2n) is 4.68. The SMILES string of the molecule is CCC(C)NC(=O)CCNC1CCS(=O)(=O)C1. The van der Waals surface area contributed by atoms with Crippen LogP contribution in [-0.2, 0) is 14.6 Å². The third-order valence-electron chi connectivity index (χ3n) is 3.04. The van der Waals surface area contributed by atoms with Crippen molar-refractivity contribution in [1.29, 1.82) is 0 Å². The van der Waals surface area contributed by atoms with Crippen molar-refractivity contribution >= 4 is 15.7 Å². The van der Waals surface area contributed by atoms with Crippen molar-refractivity contribution in [2.75, 3.05) is 18.1 Å². The molecule has 0 aromatic rings. The second-order valence-corrected chi connectivity index (χ2v) is 6.91. The number of carbonyl (C=O) groups excluding carboxylic acids is 1. The predicted octanol–water partition coefficient (Wildman–Crippen LogP) is 0.0679. The maximum Gasteiger partial charge on any atom is 0.221 e. The van der Waals surface area contributed by atoms with E-state index < -0.39 is 9.84 Å². The molecule has 1 rings (SSSR count). The largest absolute Gasteiger partial charge is 0.354 e. The summed E-state index contributed by atoms with van der Waals surface area (Å²) >= 11 is 0. The topological polar surface area (TPSA) is 75.3 Å². The zero-order valence-electron chi connectivity index (χ0n) is 10.5. The molecule has 0 radical (unpaired) electrons. The Morgan fingerprint density at radius 1 is 1.47 bits per heavy atom. The first kappa shape index (κ1) is 14.4. The minimum absolute atomic E-state index is 0.0210. The Balaban J connectivity index is 2.14. The van der Waals surface area contributed by atoms with Gasteiger partial charge in [0.1, 0.15) is 0 Å². The summed E-state index contributed by atoms with van der Waals surface area (Å²) < 4.78 is 22.4. The molecule has 1 heterocycles. The van der Waals surface area contributed by atoms with Gasteiger partial charge in [-0.2, -0.15) is 0 Å². The summed E-state index contributed by atoms with van der Waals surface area (Å²) in [6.45, 7) is 4.53. The maximum atomic E-state index is 11.4. The summed E-state index contributed by atoms with van der Waals surface area (Å²) in [6.07, 6.45) is 1.98. The highest BCUT2D eigenvalue weighted by Gasteiger charge is 2.27. The number of carbonyl (C=O) groups is 1. The van der Waals surface area contributed by atoms with E-state index in [9.17, 15) is 13.2 Å². The summed E-state index contributed by atoms with van der Waals surface area (Å²) in [7, 11) is -2.83. The van der Waals surface area contributed by atoms with Gasteiger partial charge in [0, 0.05) is 25.0 Å². The van der Waals surface area contributed by atoms with E-state index in [2.05, 4.69) is 10.6 Å². The van der Waals surface area contributed by atoms with E-state index in [1.807, 2.05) is 13.8 Å². The van der Waals surface area contributed by atoms with Gasteiger partial charge in [-0.25, -0.2) is 8.42 Å². The first-order valence-electron chi connectivity index (χ1n) is 6.16. The highest BCUT2D eigenvalue weighted by atomic mass is 32.2. The Morgan fingerprint density at radius 2 is 2.18 bits per heavy atom. The van der Waals surface area contributed by atoms with Crippen LogP contribution in [0.15, 0.2) is 0 Å². The van der Waals surface area contributed by atoms with Crippen LogP contribution in [0.5, 0.6) is 0 Å². The molecule has 1 fully saturated rings. The molecule has 6 heteroatoms. The van der Waals surface area contributed by atoms with E-state index >= 15 is 0 Å². The molecule has 5 nitrogen and oxygen atoms in total. The molecule has 0 bridgehead atoms. The van der Waals surface area contributed by atoms with Gasteiger partial charge in [0.15, 0.2) is 9.84 Å². The molecular weight excluding hydrogens is 240 g/mol. The third kappa shape index (κ3) is 5.50. The van der Waals surface area contributed by atoms with E-state index in [-0.39, 0.29) is 29.5 Å². The number of rotatable bonds is 6. The van der Waals surface area contributed by atoms with Gasteiger partial charge < -0.3 is 10.6 Å². The lowest BCUT2D eigenvalue weighted by Crippen LogP contribution is -2.36. The summed E-state index contributed by atoms with van der Waals surface area (Å²) in [5.41, 5.74) is 0. The number of sulfone groups is 1. The minimum Gasteiger partial charge on any atom is -0.354 e. The Bertz CT molecular complexity index is 354. The van der Waals surface area contributed by atoms with E-state index in [1.165, 1.54) is 0 Å². The molecule has 1 aliphatic rings. The molecule has 0 saturated carbocycles. The molecule has 17 heavy (non-hydrogen) atoms. The standard InChI is InChI=1S/C11H22N2O3S/c1-3-9(2)13-11(14)4-6-12-10-5-7-17(15,16)8-10/h9-10,12H,3-8H2,1-2H3,(H,13,14). The Morgan fingerprint density at radius 3 is 2.71 bits per heavy atom. The highest BCUT2D eigenvalue weighted by Crippen LogP contribution is 2.10. The molecule has 100 valence electrons. The van der Waals surface area contributed by atoms with Gasteiger partial charge in [-0.15, -0.1) is 0 Å². The minimum atomic E-state index is -2.83. The lowest BCUT2D eigenvalue weighted by molar-refractivity contribution is -0.121. The van der Waals surface area contributed by atoms with E-state index in [0.717, 1.165) is 6.42 Å². The van der Waals surface area contributed by atoms with Crippen molar-refractivity contribution in [3.8, 4) is 0 Å². The van der Waals surface area contributed by atoms with Gasteiger partial charge in [0.2, 0.25) is 5.91 Å². The lowest BCUT2D eigenvalue weighted by atomic mass is 10.2. The van der Waals surface area contributed by atoms with Gasteiger partial charge in [-0.05, 0) is 19.8 Å². The van der Waals surface area contributed by atoms with Crippen molar-refractivity contribution in [1.82, 2.24) is 10.6 Å². The third-order valence-corrected chi connectivity index (χ3v) is 4.81. The molecule has 0 aliphatic carbocycles. The van der Waals surface area contributed by atoms with Gasteiger partial charge >= 0.3 is 0 Å². The molecule has 0 aromatic carbocycles. The average Bonchev–Trinajstić information content (AvgIpc) is 2.58. The van der Waals surface area contributed by atoms with Crippen LogP contribution in [0.4, 0.5) is 0 Å². The van der Waals surface area contributed by atoms with Crippen LogP contribution >= 0.6 is 0 Å². The molecule has 2 N–H and O–H groups in total. The maximum absolute atomic E-state index is 11.4. The Kier molecular flexibility index (Phi) is 5.39. The van der Waals surface area contributed by atoms with Crippen molar-refractivity contribution in [2.24, 2.45) is 0 Å². The molecule has 2 unspecified atom stereocenters. The van der Waals surface area contributed by atoms with Crippen molar-refractivity contribution in [2.45, 2.75) is 45.2 Å². The molecule has 1 amide bonds. The molecular formula is C11H22N2O3S. The average molecular weight is 262 g/mol. The lowest BCUT2D eigenvalue weighted by Gasteiger charge is -2.13. The first-order valence-corrected chi connectivity index (χ1v) is 7.98. The van der Waals surface area contributed by atoms with Crippen LogP contribution in [-0.4, -0.2) is 44.5 Å². The van der Waals surface area contributed by atoms with Crippen LogP contribution in [0.25, 0.3) is 0 Å². The normalized spacial score (nSPS) is 24.5. The zero-order valence-corrected chi connectivity index (χ0v) is 11.3. The second kappa shape index (κ2) is 6.35. The van der Waals surface area contributed by atoms with Crippen LogP contribution < -0.4 is 10.6 Å². The fraction of sp³-hybridized carbons (Fsp3) is 0.909. The summed E-state index contributed by atoms with van der Waals surface area (Å²) in [6, 6.07) is 0.228. The van der Waals surface area contributed by atoms with Crippen molar-refractivity contribution in [3.63, 3.8) is 0 Å². The molecule has 1 aliphatic heterocycles. The quantitative estimate of drug-likeness (QED) is 0.710. The number of hydrogen-bond donors (Lipinski definition) is 2. The number of nitrogens with one attached hydrogen (secondary N) is 2. The van der Waals surface area contributed by atoms with E-state index in [1.54, 1.807) is 0 Å². The van der Waals surface area contributed by atoms with Gasteiger partial charge in [0.25, 0.3) is 0 Å². The molecule has 1 saturated heterocycles. The number of hydrogen-bond acceptors (Lipinski definition) is 4. The Labute approximate surface area is 103 Å². The summed E-state index contributed by atoms with van der Waals surface area (Å²) in [5, 5.41) is 5.99. The van der Waals surface area contributed by atoms with Gasteiger partial charge in [-0.1, -0.05) is 6.92 Å². The van der Waals surface area contributed by atoms with Gasteiger partial charge in [-0.3, -0.25) is 4.79 Å². The monoisotopic (exact) mass is 262 g/mol. The van der Waals surface area contributed by atoms with Crippen molar-refractivity contribution in [3.05, 3.63) is 0 Å². The summed E-state index contributed by atoms with van der Waals surface area (Å²) in [4.78, 5) is 11.4. The Hall–Kier alpha value is -0.620. The zero-order chi connectivity index (χ0) is 12.9. The van der Waals surface area contributed by atoms with Crippen LogP contribution in [0.3, 0.4) is 0 Å². The van der Waals surface area contributed by atoms with Crippen LogP contribution in [0.2, 0.25) is 0 Å². The van der Waals surface area contributed by atoms with Crippen molar-refractivity contribution < 1.29 is 13.2 Å². The molecule has 0 spiro atoms. The highest BCUT2D eigenvalue weighted by molar-refractivity contribution is 7.91. The number of amides is 1. The smallest absolute Gasteiger partial charge is 0.221 e. The van der Waals surface area contributed by atoms with Crippen LogP contribution in [0, 0.1) is 0 Å². The van der Waals surface area contributed by atoms with E-state index in [4.69, 9.17) is 0 Å². The fourth-order valence-corrected chi connectivity index (χ4v) is 3.50. The molecule has 2 atom stereocenters. The van der Waals surface area contributed by atoms with Gasteiger partial charge in [0.05, 0.1) is 11.5 Å². The first-order chi connectivity index (χ1) is 7.93. The fourth-order valence-electron chi connectivity index (χ4n) is 1.79.